The molecule has 0 aromatic rings. The van der Waals surface area contributed by atoms with Gasteiger partial charge in [-0.3, -0.25) is 10.2 Å². The summed E-state index contributed by atoms with van der Waals surface area (Å²) in [6.07, 6.45) is 3.43. The van der Waals surface area contributed by atoms with E-state index in [2.05, 4.69) is 5.43 Å². The predicted octanol–water partition coefficient (Wildman–Crippen LogP) is 0.749. The molecule has 0 saturated carbocycles. The number of carboxylic acids is 1. The average molecular weight is 255 g/mol. The van der Waals surface area contributed by atoms with Crippen LogP contribution in [-0.4, -0.2) is 53.2 Å². The number of piperidine rings is 1. The molecule has 2 heterocycles. The maximum atomic E-state index is 12.0. The summed E-state index contributed by atoms with van der Waals surface area (Å²) in [6.45, 7) is 4.49. The molecule has 0 aliphatic carbocycles. The average Bonchev–Trinajstić information content (AvgIpc) is 2.73. The Balaban J connectivity index is 1.84. The molecule has 2 aliphatic heterocycles. The summed E-state index contributed by atoms with van der Waals surface area (Å²) >= 11 is 0. The zero-order chi connectivity index (χ0) is 13.1. The fourth-order valence-electron chi connectivity index (χ4n) is 2.67. The molecule has 0 bridgehead atoms. The van der Waals surface area contributed by atoms with E-state index in [0.29, 0.717) is 13.1 Å². The van der Waals surface area contributed by atoms with Crippen LogP contribution in [0.2, 0.25) is 0 Å². The molecule has 2 amide bonds. The second-order valence-corrected chi connectivity index (χ2v) is 5.29. The maximum Gasteiger partial charge on any atom is 0.331 e. The van der Waals surface area contributed by atoms with Crippen LogP contribution in [0.1, 0.15) is 26.2 Å². The first-order valence-electron chi connectivity index (χ1n) is 6.61. The number of hydrazine groups is 1. The van der Waals surface area contributed by atoms with E-state index in [4.69, 9.17) is 5.11 Å². The van der Waals surface area contributed by atoms with Gasteiger partial charge in [0.15, 0.2) is 0 Å². The van der Waals surface area contributed by atoms with Crippen LogP contribution in [0.5, 0.6) is 0 Å². The van der Waals surface area contributed by atoms with Crippen molar-refractivity contribution in [3.8, 4) is 0 Å². The van der Waals surface area contributed by atoms with E-state index in [-0.39, 0.29) is 11.9 Å². The van der Waals surface area contributed by atoms with Crippen LogP contribution in [0, 0.1) is 11.8 Å². The minimum Gasteiger partial charge on any atom is -0.481 e. The molecule has 0 spiro atoms. The summed E-state index contributed by atoms with van der Waals surface area (Å²) < 4.78 is 0. The van der Waals surface area contributed by atoms with Crippen molar-refractivity contribution in [2.45, 2.75) is 26.2 Å². The standard InChI is InChI=1S/C12H21N3O3/c1-9-7-14(8-10(9)11(16)17)12(18)13-15-5-3-2-4-6-15/h9-10H,2-8H2,1H3,(H,13,18)(H,16,17). The highest BCUT2D eigenvalue weighted by atomic mass is 16.4. The molecular weight excluding hydrogens is 234 g/mol. The summed E-state index contributed by atoms with van der Waals surface area (Å²) in [6, 6.07) is -0.160. The van der Waals surface area contributed by atoms with Gasteiger partial charge < -0.3 is 10.0 Å². The minimum atomic E-state index is -0.809. The number of aliphatic carboxylic acids is 1. The summed E-state index contributed by atoms with van der Waals surface area (Å²) in [4.78, 5) is 24.6. The highest BCUT2D eigenvalue weighted by molar-refractivity contribution is 5.77. The van der Waals surface area contributed by atoms with Gasteiger partial charge in [-0.2, -0.15) is 0 Å². The number of nitrogens with one attached hydrogen (secondary N) is 1. The van der Waals surface area contributed by atoms with E-state index < -0.39 is 11.9 Å². The Morgan fingerprint density at radius 1 is 1.17 bits per heavy atom. The largest absolute Gasteiger partial charge is 0.481 e. The van der Waals surface area contributed by atoms with E-state index in [9.17, 15) is 9.59 Å². The zero-order valence-corrected chi connectivity index (χ0v) is 10.8. The minimum absolute atomic E-state index is 0.0228. The molecule has 0 aromatic heterocycles. The fourth-order valence-corrected chi connectivity index (χ4v) is 2.67. The molecular formula is C12H21N3O3. The van der Waals surface area contributed by atoms with Crippen LogP contribution in [0.25, 0.3) is 0 Å². The second kappa shape index (κ2) is 5.56. The first kappa shape index (κ1) is 13.1. The van der Waals surface area contributed by atoms with Gasteiger partial charge in [0, 0.05) is 26.2 Å². The predicted molar refractivity (Wildman–Crippen MR) is 65.8 cm³/mol. The molecule has 0 aromatic carbocycles. The van der Waals surface area contributed by atoms with Crippen LogP contribution in [-0.2, 0) is 4.79 Å². The van der Waals surface area contributed by atoms with Crippen LogP contribution in [0.15, 0.2) is 0 Å². The summed E-state index contributed by atoms with van der Waals surface area (Å²) in [5.74, 6) is -1.22. The topological polar surface area (TPSA) is 72.9 Å². The molecule has 6 nitrogen and oxygen atoms in total. The first-order valence-corrected chi connectivity index (χ1v) is 6.61. The van der Waals surface area contributed by atoms with Crippen molar-refractivity contribution in [1.82, 2.24) is 15.3 Å². The maximum absolute atomic E-state index is 12.0. The molecule has 2 aliphatic rings. The lowest BCUT2D eigenvalue weighted by molar-refractivity contribution is -0.142. The molecule has 102 valence electrons. The van der Waals surface area contributed by atoms with Crippen LogP contribution >= 0.6 is 0 Å². The van der Waals surface area contributed by atoms with Gasteiger partial charge in [0.1, 0.15) is 0 Å². The highest BCUT2D eigenvalue weighted by Gasteiger charge is 2.37. The molecule has 2 unspecified atom stereocenters. The van der Waals surface area contributed by atoms with Crippen molar-refractivity contribution < 1.29 is 14.7 Å². The van der Waals surface area contributed by atoms with Gasteiger partial charge >= 0.3 is 12.0 Å². The van der Waals surface area contributed by atoms with Crippen molar-refractivity contribution in [2.24, 2.45) is 11.8 Å². The number of amides is 2. The number of urea groups is 1. The number of carboxylic acid groups (broad SMARTS) is 1. The van der Waals surface area contributed by atoms with E-state index >= 15 is 0 Å². The lowest BCUT2D eigenvalue weighted by Crippen LogP contribution is -2.50. The number of hydrogen-bond acceptors (Lipinski definition) is 3. The van der Waals surface area contributed by atoms with E-state index in [1.165, 1.54) is 6.42 Å². The smallest absolute Gasteiger partial charge is 0.331 e. The summed E-state index contributed by atoms with van der Waals surface area (Å²) in [5.41, 5.74) is 2.87. The van der Waals surface area contributed by atoms with Gasteiger partial charge in [-0.15, -0.1) is 0 Å². The van der Waals surface area contributed by atoms with E-state index in [0.717, 1.165) is 25.9 Å². The molecule has 6 heteroatoms. The Morgan fingerprint density at radius 3 is 2.39 bits per heavy atom. The number of nitrogens with zero attached hydrogens (tertiary/aromatic N) is 2. The Morgan fingerprint density at radius 2 is 1.83 bits per heavy atom. The number of likely N-dealkylation sites (tertiary alicyclic amines) is 1. The van der Waals surface area contributed by atoms with Gasteiger partial charge in [0.2, 0.25) is 0 Å². The zero-order valence-electron chi connectivity index (χ0n) is 10.8. The Labute approximate surface area is 107 Å². The fraction of sp³-hybridized carbons (Fsp3) is 0.833. The third kappa shape index (κ3) is 2.93. The van der Waals surface area contributed by atoms with Crippen molar-refractivity contribution >= 4 is 12.0 Å². The number of hydrogen-bond donors (Lipinski definition) is 2. The van der Waals surface area contributed by atoms with Crippen molar-refractivity contribution in [3.05, 3.63) is 0 Å². The molecule has 2 fully saturated rings. The van der Waals surface area contributed by atoms with Gasteiger partial charge in [-0.05, 0) is 18.8 Å². The van der Waals surface area contributed by atoms with Gasteiger partial charge in [0.05, 0.1) is 5.92 Å². The summed E-state index contributed by atoms with van der Waals surface area (Å²) in [5, 5.41) is 11.0. The molecule has 0 radical (unpaired) electrons. The van der Waals surface area contributed by atoms with Crippen LogP contribution in [0.3, 0.4) is 0 Å². The third-order valence-electron chi connectivity index (χ3n) is 3.83. The summed E-state index contributed by atoms with van der Waals surface area (Å²) in [7, 11) is 0. The molecule has 2 rings (SSSR count). The van der Waals surface area contributed by atoms with Crippen molar-refractivity contribution in [1.29, 1.82) is 0 Å². The van der Waals surface area contributed by atoms with Crippen LogP contribution in [0.4, 0.5) is 4.79 Å². The van der Waals surface area contributed by atoms with Gasteiger partial charge in [0.25, 0.3) is 0 Å². The van der Waals surface area contributed by atoms with E-state index in [1.54, 1.807) is 4.90 Å². The Kier molecular flexibility index (Phi) is 4.06. The molecule has 18 heavy (non-hydrogen) atoms. The molecule has 2 atom stereocenters. The Bertz CT molecular complexity index is 329. The molecule has 2 saturated heterocycles. The van der Waals surface area contributed by atoms with Crippen molar-refractivity contribution in [3.63, 3.8) is 0 Å². The third-order valence-corrected chi connectivity index (χ3v) is 3.83. The lowest BCUT2D eigenvalue weighted by Gasteiger charge is -2.29. The lowest BCUT2D eigenvalue weighted by atomic mass is 9.99. The van der Waals surface area contributed by atoms with E-state index in [1.807, 2.05) is 11.9 Å². The monoisotopic (exact) mass is 255 g/mol. The number of rotatable bonds is 2. The van der Waals surface area contributed by atoms with Crippen LogP contribution < -0.4 is 5.43 Å². The normalized spacial score (nSPS) is 29.3. The highest BCUT2D eigenvalue weighted by Crippen LogP contribution is 2.23. The first-order chi connectivity index (χ1) is 8.58. The quantitative estimate of drug-likeness (QED) is 0.763. The van der Waals surface area contributed by atoms with Crippen molar-refractivity contribution in [2.75, 3.05) is 26.2 Å². The number of carbonyl (C=O) groups excluding carboxylic acids is 1. The number of carbonyl (C=O) groups is 2. The molecule has 2 N–H and O–H groups in total. The van der Waals surface area contributed by atoms with Gasteiger partial charge in [-0.1, -0.05) is 13.3 Å². The van der Waals surface area contributed by atoms with Gasteiger partial charge in [-0.25, -0.2) is 9.80 Å². The Hall–Kier alpha value is -1.30. The second-order valence-electron chi connectivity index (χ2n) is 5.29. The SMILES string of the molecule is CC1CN(C(=O)NN2CCCCC2)CC1C(=O)O.